The number of ether oxygens (including phenoxy) is 1. The molecule has 108 valence electrons. The first-order valence-corrected chi connectivity index (χ1v) is 6.07. The average Bonchev–Trinajstić information content (AvgIpc) is 2.98. The highest BCUT2D eigenvalue weighted by Gasteiger charge is 2.17. The van der Waals surface area contributed by atoms with Crippen LogP contribution in [-0.2, 0) is 11.5 Å². The largest absolute Gasteiger partial charge is 0.417 e. The molecule has 0 fully saturated rings. The molecular weight excluding hydrogens is 276 g/mol. The maximum absolute atomic E-state index is 11.3. The minimum atomic E-state index is -0.540. The Morgan fingerprint density at radius 2 is 2.33 bits per heavy atom. The quantitative estimate of drug-likeness (QED) is 0.691. The Balaban J connectivity index is 2.18. The minimum absolute atomic E-state index is 0.133. The lowest BCUT2D eigenvalue weighted by Crippen LogP contribution is -2.06. The summed E-state index contributed by atoms with van der Waals surface area (Å²) in [5, 5.41) is 4.26. The van der Waals surface area contributed by atoms with Gasteiger partial charge < -0.3 is 14.9 Å². The Morgan fingerprint density at radius 1 is 1.52 bits per heavy atom. The monoisotopic (exact) mass is 288 g/mol. The van der Waals surface area contributed by atoms with Crippen LogP contribution in [0.25, 0.3) is 22.4 Å². The fourth-order valence-electron chi connectivity index (χ4n) is 2.13. The van der Waals surface area contributed by atoms with E-state index >= 15 is 0 Å². The third-order valence-electron chi connectivity index (χ3n) is 3.09. The molecule has 0 aliphatic carbocycles. The third kappa shape index (κ3) is 2.11. The summed E-state index contributed by atoms with van der Waals surface area (Å²) in [6, 6.07) is 5.02. The van der Waals surface area contributed by atoms with Crippen LogP contribution < -0.4 is 11.5 Å². The van der Waals surface area contributed by atoms with Crippen LogP contribution in [0, 0.1) is 0 Å². The highest BCUT2D eigenvalue weighted by molar-refractivity contribution is 5.93. The number of aromatic amines is 1. The zero-order valence-electron chi connectivity index (χ0n) is 11.1. The lowest BCUT2D eigenvalue weighted by Gasteiger charge is -2.00. The molecule has 1 aromatic carbocycles. The number of nitrogen functional groups attached to an aromatic ring is 1. The molecule has 0 saturated carbocycles. The van der Waals surface area contributed by atoms with Crippen molar-refractivity contribution in [3.63, 3.8) is 0 Å². The number of aldehydes is 1. The summed E-state index contributed by atoms with van der Waals surface area (Å²) in [6.07, 6.45) is 0.640. The predicted molar refractivity (Wildman–Crippen MR) is 74.9 cm³/mol. The summed E-state index contributed by atoms with van der Waals surface area (Å²) < 4.78 is 11.4. The number of oxazole rings is 1. The summed E-state index contributed by atoms with van der Waals surface area (Å²) in [5.41, 5.74) is 8.11. The standard InChI is InChI=1S/C13H12N4O4/c1-20-6-17-12(14)8(5-18)11(16-17)7-2-3-9-10(4-7)21-13(19)15-9/h2-5H,6,14H2,1H3,(H,15,19). The van der Waals surface area contributed by atoms with Crippen LogP contribution in [0.1, 0.15) is 10.4 Å². The van der Waals surface area contributed by atoms with Crippen LogP contribution >= 0.6 is 0 Å². The molecule has 3 N–H and O–H groups in total. The van der Waals surface area contributed by atoms with Crippen molar-refractivity contribution in [3.05, 3.63) is 34.3 Å². The number of fused-ring (bicyclic) bond motifs is 1. The molecule has 0 unspecified atom stereocenters. The van der Waals surface area contributed by atoms with Crippen LogP contribution in [-0.4, -0.2) is 28.2 Å². The van der Waals surface area contributed by atoms with Crippen LogP contribution in [0.2, 0.25) is 0 Å². The van der Waals surface area contributed by atoms with E-state index in [0.29, 0.717) is 28.6 Å². The van der Waals surface area contributed by atoms with Crippen LogP contribution in [0.5, 0.6) is 0 Å². The van der Waals surface area contributed by atoms with Gasteiger partial charge in [-0.2, -0.15) is 5.10 Å². The van der Waals surface area contributed by atoms with E-state index in [1.54, 1.807) is 18.2 Å². The number of carbonyl (C=O) groups is 1. The molecule has 3 aromatic rings. The number of hydrogen-bond acceptors (Lipinski definition) is 6. The molecule has 0 spiro atoms. The second kappa shape index (κ2) is 4.91. The van der Waals surface area contributed by atoms with Crippen molar-refractivity contribution in [1.82, 2.24) is 14.8 Å². The lowest BCUT2D eigenvalue weighted by atomic mass is 10.1. The Hall–Kier alpha value is -2.87. The number of aromatic nitrogens is 3. The summed E-state index contributed by atoms with van der Waals surface area (Å²) >= 11 is 0. The second-order valence-electron chi connectivity index (χ2n) is 4.41. The lowest BCUT2D eigenvalue weighted by molar-refractivity contribution is 0.112. The van der Waals surface area contributed by atoms with Crippen LogP contribution in [0.4, 0.5) is 5.82 Å². The number of hydrogen-bond donors (Lipinski definition) is 2. The molecule has 21 heavy (non-hydrogen) atoms. The predicted octanol–water partition coefficient (Wildman–Crippen LogP) is 0.983. The fraction of sp³-hybridized carbons (Fsp3) is 0.154. The van der Waals surface area contributed by atoms with Crippen LogP contribution in [0.3, 0.4) is 0 Å². The Labute approximate surface area is 118 Å². The minimum Gasteiger partial charge on any atom is -0.408 e. The van der Waals surface area contributed by atoms with E-state index < -0.39 is 5.76 Å². The molecule has 0 aliphatic rings. The fourth-order valence-corrected chi connectivity index (χ4v) is 2.13. The smallest absolute Gasteiger partial charge is 0.408 e. The molecule has 8 heteroatoms. The number of benzene rings is 1. The van der Waals surface area contributed by atoms with Crippen molar-refractivity contribution < 1.29 is 13.9 Å². The number of H-pyrrole nitrogens is 1. The van der Waals surface area contributed by atoms with E-state index in [1.165, 1.54) is 11.8 Å². The Kier molecular flexibility index (Phi) is 3.07. The Morgan fingerprint density at radius 3 is 3.05 bits per heavy atom. The number of methoxy groups -OCH3 is 1. The summed E-state index contributed by atoms with van der Waals surface area (Å²) in [6.45, 7) is 0.133. The van der Waals surface area contributed by atoms with Gasteiger partial charge in [-0.05, 0) is 12.1 Å². The van der Waals surface area contributed by atoms with Crippen molar-refractivity contribution in [1.29, 1.82) is 0 Å². The molecule has 2 heterocycles. The van der Waals surface area contributed by atoms with E-state index in [4.69, 9.17) is 14.9 Å². The first kappa shape index (κ1) is 13.1. The molecule has 0 radical (unpaired) electrons. The summed E-state index contributed by atoms with van der Waals surface area (Å²) in [7, 11) is 1.50. The van der Waals surface area contributed by atoms with Crippen molar-refractivity contribution in [2.75, 3.05) is 12.8 Å². The van der Waals surface area contributed by atoms with Crippen molar-refractivity contribution in [2.24, 2.45) is 0 Å². The molecule has 0 amide bonds. The zero-order chi connectivity index (χ0) is 15.0. The number of rotatable bonds is 4. The van der Waals surface area contributed by atoms with E-state index in [2.05, 4.69) is 10.1 Å². The van der Waals surface area contributed by atoms with Gasteiger partial charge in [-0.1, -0.05) is 6.07 Å². The normalized spacial score (nSPS) is 11.1. The highest BCUT2D eigenvalue weighted by Crippen LogP contribution is 2.27. The van der Waals surface area contributed by atoms with Gasteiger partial charge in [-0.3, -0.25) is 9.78 Å². The summed E-state index contributed by atoms with van der Waals surface area (Å²) in [4.78, 5) is 25.0. The van der Waals surface area contributed by atoms with Gasteiger partial charge in [0.1, 0.15) is 18.2 Å². The van der Waals surface area contributed by atoms with Gasteiger partial charge in [0.15, 0.2) is 11.9 Å². The number of anilines is 1. The van der Waals surface area contributed by atoms with Crippen molar-refractivity contribution in [2.45, 2.75) is 6.73 Å². The molecular formula is C13H12N4O4. The van der Waals surface area contributed by atoms with Gasteiger partial charge in [-0.15, -0.1) is 0 Å². The van der Waals surface area contributed by atoms with Gasteiger partial charge in [0.05, 0.1) is 11.1 Å². The first-order chi connectivity index (χ1) is 10.1. The van der Waals surface area contributed by atoms with Crippen molar-refractivity contribution in [3.8, 4) is 11.3 Å². The SMILES string of the molecule is COCn1nc(-c2ccc3[nH]c(=O)oc3c2)c(C=O)c1N. The van der Waals surface area contributed by atoms with E-state index in [9.17, 15) is 9.59 Å². The zero-order valence-corrected chi connectivity index (χ0v) is 11.1. The van der Waals surface area contributed by atoms with Gasteiger partial charge in [-0.25, -0.2) is 9.48 Å². The molecule has 0 aliphatic heterocycles. The third-order valence-corrected chi connectivity index (χ3v) is 3.09. The van der Waals surface area contributed by atoms with Gasteiger partial charge in [0.2, 0.25) is 0 Å². The topological polar surface area (TPSA) is 116 Å². The number of carbonyl (C=O) groups excluding carboxylic acids is 1. The maximum Gasteiger partial charge on any atom is 0.417 e. The number of nitrogens with two attached hydrogens (primary N) is 1. The van der Waals surface area contributed by atoms with Gasteiger partial charge in [0, 0.05) is 12.7 Å². The molecule has 0 saturated heterocycles. The van der Waals surface area contributed by atoms with Gasteiger partial charge in [0.25, 0.3) is 0 Å². The average molecular weight is 288 g/mol. The molecule has 8 nitrogen and oxygen atoms in total. The van der Waals surface area contributed by atoms with E-state index in [1.807, 2.05) is 0 Å². The molecule has 0 atom stereocenters. The van der Waals surface area contributed by atoms with Gasteiger partial charge >= 0.3 is 5.76 Å². The first-order valence-electron chi connectivity index (χ1n) is 6.07. The maximum atomic E-state index is 11.3. The number of nitrogens with one attached hydrogen (secondary N) is 1. The van der Waals surface area contributed by atoms with E-state index in [0.717, 1.165) is 0 Å². The van der Waals surface area contributed by atoms with Crippen molar-refractivity contribution >= 4 is 23.2 Å². The van der Waals surface area contributed by atoms with E-state index in [-0.39, 0.29) is 18.1 Å². The van der Waals surface area contributed by atoms with Crippen LogP contribution in [0.15, 0.2) is 27.4 Å². The number of nitrogens with zero attached hydrogens (tertiary/aromatic N) is 2. The molecule has 3 rings (SSSR count). The Bertz CT molecular complexity index is 874. The summed E-state index contributed by atoms with van der Waals surface area (Å²) in [5.74, 6) is -0.320. The molecule has 2 aromatic heterocycles. The highest BCUT2D eigenvalue weighted by atomic mass is 16.5. The molecule has 0 bridgehead atoms. The second-order valence-corrected chi connectivity index (χ2v) is 4.41.